The second-order valence-corrected chi connectivity index (χ2v) is 9.52. The lowest BCUT2D eigenvalue weighted by Gasteiger charge is -2.40. The number of hydrogen-bond donors (Lipinski definition) is 2. The molecule has 1 amide bonds. The molecular formula is C27H31F3N4O2. The van der Waals surface area contributed by atoms with Gasteiger partial charge < -0.3 is 20.3 Å². The van der Waals surface area contributed by atoms with E-state index in [4.69, 9.17) is 10.00 Å². The zero-order valence-electron chi connectivity index (χ0n) is 20.1. The molecule has 1 aliphatic carbocycles. The van der Waals surface area contributed by atoms with E-state index >= 15 is 0 Å². The molecule has 0 spiro atoms. The van der Waals surface area contributed by atoms with E-state index in [1.54, 1.807) is 0 Å². The van der Waals surface area contributed by atoms with Crippen LogP contribution in [0.25, 0.3) is 0 Å². The van der Waals surface area contributed by atoms with Crippen LogP contribution in [0.1, 0.15) is 55.2 Å². The van der Waals surface area contributed by atoms with Crippen molar-refractivity contribution in [1.82, 2.24) is 10.6 Å². The first-order valence-corrected chi connectivity index (χ1v) is 12.4. The molecule has 2 aliphatic rings. The minimum absolute atomic E-state index is 0.0656. The van der Waals surface area contributed by atoms with Gasteiger partial charge in [-0.3, -0.25) is 0 Å². The average Bonchev–Trinajstić information content (AvgIpc) is 2.88. The maximum absolute atomic E-state index is 12.7. The Bertz CT molecular complexity index is 1050. The zero-order valence-corrected chi connectivity index (χ0v) is 20.1. The summed E-state index contributed by atoms with van der Waals surface area (Å²) in [7, 11) is 0. The topological polar surface area (TPSA) is 77.4 Å². The number of halogens is 3. The van der Waals surface area contributed by atoms with Crippen LogP contribution in [0.15, 0.2) is 48.5 Å². The molecular weight excluding hydrogens is 469 g/mol. The molecule has 2 fully saturated rings. The van der Waals surface area contributed by atoms with Crippen LogP contribution >= 0.6 is 0 Å². The van der Waals surface area contributed by atoms with E-state index in [0.717, 1.165) is 69.4 Å². The number of nitrogens with one attached hydrogen (secondary N) is 2. The number of amides is 1. The van der Waals surface area contributed by atoms with Gasteiger partial charge in [-0.05, 0) is 67.6 Å². The van der Waals surface area contributed by atoms with E-state index in [-0.39, 0.29) is 24.7 Å². The molecule has 2 aromatic carbocycles. The highest BCUT2D eigenvalue weighted by molar-refractivity contribution is 5.67. The zero-order chi connectivity index (χ0) is 25.5. The van der Waals surface area contributed by atoms with Crippen LogP contribution < -0.4 is 15.5 Å². The van der Waals surface area contributed by atoms with Crippen LogP contribution in [0, 0.1) is 11.3 Å². The summed E-state index contributed by atoms with van der Waals surface area (Å²) >= 11 is 0. The Balaban J connectivity index is 1.28. The van der Waals surface area contributed by atoms with Gasteiger partial charge in [0, 0.05) is 36.9 Å². The lowest BCUT2D eigenvalue weighted by Crippen LogP contribution is -2.57. The fraction of sp³-hybridized carbons (Fsp3) is 0.481. The van der Waals surface area contributed by atoms with Gasteiger partial charge in [0.2, 0.25) is 0 Å². The highest BCUT2D eigenvalue weighted by Gasteiger charge is 2.31. The van der Waals surface area contributed by atoms with Crippen molar-refractivity contribution >= 4 is 11.8 Å². The largest absolute Gasteiger partial charge is 0.445 e. The third kappa shape index (κ3) is 6.91. The van der Waals surface area contributed by atoms with E-state index in [0.29, 0.717) is 11.1 Å². The highest BCUT2D eigenvalue weighted by atomic mass is 19.4. The van der Waals surface area contributed by atoms with E-state index in [1.165, 1.54) is 12.1 Å². The van der Waals surface area contributed by atoms with Crippen molar-refractivity contribution in [3.8, 4) is 6.07 Å². The molecule has 6 nitrogen and oxygen atoms in total. The number of alkyl carbamates (subject to hydrolysis) is 1. The van der Waals surface area contributed by atoms with Gasteiger partial charge in [0.05, 0.1) is 17.2 Å². The molecule has 36 heavy (non-hydrogen) atoms. The summed E-state index contributed by atoms with van der Waals surface area (Å²) in [5.41, 5.74) is 1.52. The second kappa shape index (κ2) is 11.7. The van der Waals surface area contributed by atoms with E-state index in [9.17, 15) is 18.0 Å². The molecule has 192 valence electrons. The minimum Gasteiger partial charge on any atom is -0.445 e. The van der Waals surface area contributed by atoms with Gasteiger partial charge in [0.1, 0.15) is 6.61 Å². The first-order valence-electron chi connectivity index (χ1n) is 12.4. The molecule has 0 unspecified atom stereocenters. The monoisotopic (exact) mass is 500 g/mol. The van der Waals surface area contributed by atoms with Crippen molar-refractivity contribution in [3.63, 3.8) is 0 Å². The molecule has 0 radical (unpaired) electrons. The van der Waals surface area contributed by atoms with Gasteiger partial charge in [-0.15, -0.1) is 0 Å². The van der Waals surface area contributed by atoms with Gasteiger partial charge >= 0.3 is 12.3 Å². The number of anilines is 1. The summed E-state index contributed by atoms with van der Waals surface area (Å²) in [5, 5.41) is 15.8. The Morgan fingerprint density at radius 1 is 1.00 bits per heavy atom. The number of ether oxygens (including phenoxy) is 1. The van der Waals surface area contributed by atoms with Crippen molar-refractivity contribution in [2.75, 3.05) is 18.0 Å². The molecule has 3 atom stereocenters. The Kier molecular flexibility index (Phi) is 8.36. The number of hydrogen-bond acceptors (Lipinski definition) is 5. The molecule has 0 bridgehead atoms. The van der Waals surface area contributed by atoms with E-state index < -0.39 is 17.8 Å². The van der Waals surface area contributed by atoms with Crippen LogP contribution in [-0.4, -0.2) is 37.3 Å². The third-order valence-electron chi connectivity index (χ3n) is 6.95. The number of carbonyl (C=O) groups excluding carboxylic acids is 1. The number of alkyl halides is 3. The molecule has 1 saturated carbocycles. The fourth-order valence-electron chi connectivity index (χ4n) is 5.03. The van der Waals surface area contributed by atoms with Crippen LogP contribution in [0.3, 0.4) is 0 Å². The summed E-state index contributed by atoms with van der Waals surface area (Å²) in [5.74, 6) is 0. The predicted octanol–water partition coefficient (Wildman–Crippen LogP) is 5.37. The molecule has 2 N–H and O–H groups in total. The maximum atomic E-state index is 12.7. The third-order valence-corrected chi connectivity index (χ3v) is 6.95. The minimum atomic E-state index is -4.39. The number of piperidine rings is 1. The maximum Gasteiger partial charge on any atom is 0.416 e. The first-order chi connectivity index (χ1) is 17.3. The van der Waals surface area contributed by atoms with Crippen molar-refractivity contribution in [2.45, 2.75) is 69.4 Å². The first kappa shape index (κ1) is 25.8. The second-order valence-electron chi connectivity index (χ2n) is 9.52. The summed E-state index contributed by atoms with van der Waals surface area (Å²) < 4.78 is 43.5. The summed E-state index contributed by atoms with van der Waals surface area (Å²) in [6.07, 6.45) is 1.06. The Morgan fingerprint density at radius 2 is 1.69 bits per heavy atom. The van der Waals surface area contributed by atoms with Crippen LogP contribution in [0.5, 0.6) is 0 Å². The smallest absolute Gasteiger partial charge is 0.416 e. The standard InChI is InChI=1S/C27H31F3N4O2/c28-27(29,30)21-11-7-20(8-12-21)18-36-26(35)33-25-6-2-1-5-24(25)32-22-4-3-15-34(17-22)23-13-9-19(16-31)10-14-23/h7-14,22,24-25,32H,1-6,15,17-18H2,(H,33,35)/t22-,24+,25+/m0/s1. The van der Waals surface area contributed by atoms with E-state index in [1.807, 2.05) is 24.3 Å². The highest BCUT2D eigenvalue weighted by Crippen LogP contribution is 2.29. The number of carbonyl (C=O) groups is 1. The molecule has 1 heterocycles. The Labute approximate surface area is 209 Å². The molecule has 4 rings (SSSR count). The van der Waals surface area contributed by atoms with Crippen molar-refractivity contribution < 1.29 is 22.7 Å². The van der Waals surface area contributed by atoms with Crippen LogP contribution in [-0.2, 0) is 17.5 Å². The van der Waals surface area contributed by atoms with Gasteiger partial charge in [0.15, 0.2) is 0 Å². The van der Waals surface area contributed by atoms with Crippen molar-refractivity contribution in [1.29, 1.82) is 5.26 Å². The molecule has 0 aromatic heterocycles. The lowest BCUT2D eigenvalue weighted by molar-refractivity contribution is -0.137. The average molecular weight is 501 g/mol. The molecule has 2 aromatic rings. The number of rotatable bonds is 6. The van der Waals surface area contributed by atoms with Crippen molar-refractivity contribution in [3.05, 3.63) is 65.2 Å². The van der Waals surface area contributed by atoms with Gasteiger partial charge in [-0.1, -0.05) is 25.0 Å². The molecule has 1 aliphatic heterocycles. The van der Waals surface area contributed by atoms with Gasteiger partial charge in [-0.2, -0.15) is 18.4 Å². The molecule has 9 heteroatoms. The molecule has 1 saturated heterocycles. The van der Waals surface area contributed by atoms with E-state index in [2.05, 4.69) is 21.6 Å². The summed E-state index contributed by atoms with van der Waals surface area (Å²) in [6, 6.07) is 14.8. The quantitative estimate of drug-likeness (QED) is 0.558. The number of nitrogens with zero attached hydrogens (tertiary/aromatic N) is 2. The SMILES string of the molecule is N#Cc1ccc(N2CCC[C@H](N[C@@H]3CCCC[C@H]3NC(=O)OCc3ccc(C(F)(F)F)cc3)C2)cc1. The Morgan fingerprint density at radius 3 is 2.36 bits per heavy atom. The Hall–Kier alpha value is -3.25. The number of nitriles is 1. The normalized spacial score (nSPS) is 22.5. The van der Waals surface area contributed by atoms with Crippen LogP contribution in [0.4, 0.5) is 23.7 Å². The fourth-order valence-corrected chi connectivity index (χ4v) is 5.03. The summed E-state index contributed by atoms with van der Waals surface area (Å²) in [6.45, 7) is 1.73. The lowest BCUT2D eigenvalue weighted by atomic mass is 9.89. The van der Waals surface area contributed by atoms with Crippen molar-refractivity contribution in [2.24, 2.45) is 0 Å². The number of benzene rings is 2. The van der Waals surface area contributed by atoms with Gasteiger partial charge in [-0.25, -0.2) is 4.79 Å². The van der Waals surface area contributed by atoms with Gasteiger partial charge in [0.25, 0.3) is 0 Å². The predicted molar refractivity (Wildman–Crippen MR) is 130 cm³/mol. The summed E-state index contributed by atoms with van der Waals surface area (Å²) in [4.78, 5) is 14.8. The van der Waals surface area contributed by atoms with Crippen LogP contribution in [0.2, 0.25) is 0 Å².